The fourth-order valence-electron chi connectivity index (χ4n) is 2.65. The van der Waals surface area contributed by atoms with Crippen LogP contribution in [0.3, 0.4) is 0 Å². The molecule has 0 aliphatic carbocycles. The van der Waals surface area contributed by atoms with Crippen molar-refractivity contribution in [3.63, 3.8) is 0 Å². The molecule has 0 bridgehead atoms. The van der Waals surface area contributed by atoms with Crippen molar-refractivity contribution in [3.05, 3.63) is 29.9 Å². The van der Waals surface area contributed by atoms with E-state index in [1.165, 1.54) is 6.20 Å². The van der Waals surface area contributed by atoms with E-state index in [0.717, 1.165) is 38.1 Å². The third-order valence-corrected chi connectivity index (χ3v) is 3.84. The van der Waals surface area contributed by atoms with Gasteiger partial charge in [0.05, 0.1) is 37.3 Å². The summed E-state index contributed by atoms with van der Waals surface area (Å²) in [4.78, 5) is 16.8. The lowest BCUT2D eigenvalue weighted by Crippen LogP contribution is -2.50. The third kappa shape index (κ3) is 2.88. The number of nitrogens with zero attached hydrogens (tertiary/aromatic N) is 2. The van der Waals surface area contributed by atoms with Crippen molar-refractivity contribution < 1.29 is 19.0 Å². The topological polar surface area (TPSA) is 74.7 Å². The highest BCUT2D eigenvalue weighted by Gasteiger charge is 2.28. The average molecular weight is 293 g/mol. The number of rotatable bonds is 3. The molecule has 0 atom stereocenters. The van der Waals surface area contributed by atoms with Gasteiger partial charge in [-0.1, -0.05) is 6.08 Å². The summed E-state index contributed by atoms with van der Waals surface area (Å²) in [5.74, 6) is -0.507. The largest absolute Gasteiger partial charge is 0.465 e. The van der Waals surface area contributed by atoms with E-state index in [-0.39, 0.29) is 5.69 Å². The smallest absolute Gasteiger partial charge is 0.409 e. The first-order chi connectivity index (χ1) is 10.1. The zero-order chi connectivity index (χ0) is 14.8. The van der Waals surface area contributed by atoms with Gasteiger partial charge >= 0.3 is 6.09 Å². The maximum absolute atomic E-state index is 14.0. The molecule has 1 fully saturated rings. The fourth-order valence-corrected chi connectivity index (χ4v) is 2.65. The SMILES string of the molecule is O=C(O)Nc1cncc(F)c1C1=CCN(C2COC2)CC1. The Labute approximate surface area is 121 Å². The van der Waals surface area contributed by atoms with E-state index in [2.05, 4.69) is 15.2 Å². The molecule has 0 aromatic carbocycles. The van der Waals surface area contributed by atoms with Crippen LogP contribution in [0.15, 0.2) is 18.5 Å². The molecule has 112 valence electrons. The molecule has 6 nitrogen and oxygen atoms in total. The molecule has 7 heteroatoms. The molecular weight excluding hydrogens is 277 g/mol. The highest BCUT2D eigenvalue weighted by Crippen LogP contribution is 2.31. The van der Waals surface area contributed by atoms with Gasteiger partial charge in [-0.25, -0.2) is 9.18 Å². The number of aromatic nitrogens is 1. The summed E-state index contributed by atoms with van der Waals surface area (Å²) in [5.41, 5.74) is 1.31. The summed E-state index contributed by atoms with van der Waals surface area (Å²) in [6.45, 7) is 3.03. The predicted molar refractivity (Wildman–Crippen MR) is 74.6 cm³/mol. The number of nitrogens with one attached hydrogen (secondary N) is 1. The average Bonchev–Trinajstić information content (AvgIpc) is 2.38. The molecule has 1 aromatic heterocycles. The Kier molecular flexibility index (Phi) is 3.85. The van der Waals surface area contributed by atoms with Gasteiger partial charge in [-0.3, -0.25) is 15.2 Å². The van der Waals surface area contributed by atoms with Crippen LogP contribution in [0, 0.1) is 5.82 Å². The number of halogens is 1. The van der Waals surface area contributed by atoms with Gasteiger partial charge in [-0.15, -0.1) is 0 Å². The van der Waals surface area contributed by atoms with E-state index in [1.807, 2.05) is 6.08 Å². The van der Waals surface area contributed by atoms with Gasteiger partial charge in [0.1, 0.15) is 0 Å². The molecule has 2 N–H and O–H groups in total. The van der Waals surface area contributed by atoms with Crippen LogP contribution in [0.5, 0.6) is 0 Å². The number of carboxylic acid groups (broad SMARTS) is 1. The van der Waals surface area contributed by atoms with Gasteiger partial charge in [-0.05, 0) is 12.0 Å². The minimum Gasteiger partial charge on any atom is -0.465 e. The van der Waals surface area contributed by atoms with Crippen molar-refractivity contribution in [1.82, 2.24) is 9.88 Å². The minimum atomic E-state index is -1.23. The number of carbonyl (C=O) groups is 1. The molecule has 1 saturated heterocycles. The second-order valence-corrected chi connectivity index (χ2v) is 5.14. The quantitative estimate of drug-likeness (QED) is 0.889. The van der Waals surface area contributed by atoms with Crippen molar-refractivity contribution in [2.45, 2.75) is 12.5 Å². The van der Waals surface area contributed by atoms with Crippen molar-refractivity contribution in [2.75, 3.05) is 31.6 Å². The van der Waals surface area contributed by atoms with Gasteiger partial charge in [0.15, 0.2) is 5.82 Å². The number of anilines is 1. The maximum Gasteiger partial charge on any atom is 0.409 e. The molecule has 21 heavy (non-hydrogen) atoms. The monoisotopic (exact) mass is 293 g/mol. The number of hydrogen-bond acceptors (Lipinski definition) is 4. The summed E-state index contributed by atoms with van der Waals surface area (Å²) in [6, 6.07) is 0.446. The van der Waals surface area contributed by atoms with Crippen molar-refractivity contribution in [1.29, 1.82) is 0 Å². The summed E-state index contributed by atoms with van der Waals surface area (Å²) < 4.78 is 19.2. The van der Waals surface area contributed by atoms with Gasteiger partial charge in [0, 0.05) is 18.7 Å². The molecule has 0 spiro atoms. The molecule has 1 aromatic rings. The lowest BCUT2D eigenvalue weighted by molar-refractivity contribution is -0.0612. The number of ether oxygens (including phenoxy) is 1. The molecule has 2 aliphatic rings. The van der Waals surface area contributed by atoms with Crippen LogP contribution in [-0.2, 0) is 4.74 Å². The first-order valence-corrected chi connectivity index (χ1v) is 6.80. The van der Waals surface area contributed by atoms with Crippen LogP contribution < -0.4 is 5.32 Å². The van der Waals surface area contributed by atoms with Crippen LogP contribution in [-0.4, -0.2) is 53.4 Å². The van der Waals surface area contributed by atoms with Gasteiger partial charge in [0.2, 0.25) is 0 Å². The summed E-state index contributed by atoms with van der Waals surface area (Å²) >= 11 is 0. The summed E-state index contributed by atoms with van der Waals surface area (Å²) in [7, 11) is 0. The zero-order valence-corrected chi connectivity index (χ0v) is 11.4. The molecule has 0 unspecified atom stereocenters. The van der Waals surface area contributed by atoms with Crippen LogP contribution in [0.2, 0.25) is 0 Å². The molecule has 3 rings (SSSR count). The van der Waals surface area contributed by atoms with Crippen LogP contribution >= 0.6 is 0 Å². The highest BCUT2D eigenvalue weighted by atomic mass is 19.1. The van der Waals surface area contributed by atoms with E-state index < -0.39 is 11.9 Å². The van der Waals surface area contributed by atoms with Gasteiger partial charge < -0.3 is 9.84 Å². The summed E-state index contributed by atoms with van der Waals surface area (Å²) in [6.07, 6.45) is 3.83. The molecule has 0 saturated carbocycles. The van der Waals surface area contributed by atoms with Gasteiger partial charge in [0.25, 0.3) is 0 Å². The molecule has 0 radical (unpaired) electrons. The van der Waals surface area contributed by atoms with E-state index >= 15 is 0 Å². The summed E-state index contributed by atoms with van der Waals surface area (Å²) in [5, 5.41) is 11.0. The lowest BCUT2D eigenvalue weighted by atomic mass is 9.97. The van der Waals surface area contributed by atoms with Gasteiger partial charge in [-0.2, -0.15) is 0 Å². The Morgan fingerprint density at radius 3 is 2.86 bits per heavy atom. The molecule has 1 amide bonds. The maximum atomic E-state index is 14.0. The van der Waals surface area contributed by atoms with E-state index in [4.69, 9.17) is 9.84 Å². The van der Waals surface area contributed by atoms with Crippen molar-refractivity contribution in [3.8, 4) is 0 Å². The standard InChI is InChI=1S/C14H16FN3O3/c15-11-5-16-6-12(17-14(19)20)13(11)9-1-3-18(4-2-9)10-7-21-8-10/h1,5-6,10,17H,2-4,7-8H2,(H,19,20). The first-order valence-electron chi connectivity index (χ1n) is 6.80. The number of amides is 1. The zero-order valence-electron chi connectivity index (χ0n) is 11.4. The van der Waals surface area contributed by atoms with Crippen molar-refractivity contribution in [2.24, 2.45) is 0 Å². The Bertz CT molecular complexity index is 587. The lowest BCUT2D eigenvalue weighted by Gasteiger charge is -2.39. The molecule has 2 aliphatic heterocycles. The normalized spacial score (nSPS) is 19.8. The Balaban J connectivity index is 1.83. The Morgan fingerprint density at radius 2 is 2.29 bits per heavy atom. The number of hydrogen-bond donors (Lipinski definition) is 2. The van der Waals surface area contributed by atoms with Crippen LogP contribution in [0.1, 0.15) is 12.0 Å². The van der Waals surface area contributed by atoms with E-state index in [0.29, 0.717) is 18.0 Å². The molecular formula is C14H16FN3O3. The Morgan fingerprint density at radius 1 is 1.48 bits per heavy atom. The predicted octanol–water partition coefficient (Wildman–Crippen LogP) is 1.80. The second kappa shape index (κ2) is 5.79. The highest BCUT2D eigenvalue weighted by molar-refractivity contribution is 5.88. The number of pyridine rings is 1. The molecule has 3 heterocycles. The minimum absolute atomic E-state index is 0.189. The third-order valence-electron chi connectivity index (χ3n) is 3.84. The van der Waals surface area contributed by atoms with Crippen LogP contribution in [0.4, 0.5) is 14.9 Å². The van der Waals surface area contributed by atoms with E-state index in [9.17, 15) is 9.18 Å². The Hall–Kier alpha value is -1.99. The van der Waals surface area contributed by atoms with Crippen molar-refractivity contribution >= 4 is 17.4 Å². The first kappa shape index (κ1) is 14.0. The second-order valence-electron chi connectivity index (χ2n) is 5.14. The fraction of sp³-hybridized carbons (Fsp3) is 0.429. The van der Waals surface area contributed by atoms with Crippen LogP contribution in [0.25, 0.3) is 5.57 Å². The van der Waals surface area contributed by atoms with E-state index in [1.54, 1.807) is 0 Å².